The lowest BCUT2D eigenvalue weighted by molar-refractivity contribution is -0.135. The molecule has 7 heteroatoms. The van der Waals surface area contributed by atoms with Crippen molar-refractivity contribution in [3.63, 3.8) is 0 Å². The molecule has 3 aromatic rings. The molecular formula is C33H41N3O3S. The molecule has 1 aromatic heterocycles. The van der Waals surface area contributed by atoms with Crippen LogP contribution in [0.5, 0.6) is 5.75 Å². The van der Waals surface area contributed by atoms with Crippen LogP contribution in [0.1, 0.15) is 71.1 Å². The Morgan fingerprint density at radius 1 is 0.975 bits per heavy atom. The fraction of sp³-hybridized carbons (Fsp3) is 0.455. The summed E-state index contributed by atoms with van der Waals surface area (Å²) in [6.45, 7) is 7.15. The van der Waals surface area contributed by atoms with E-state index in [1.165, 1.54) is 40.8 Å². The van der Waals surface area contributed by atoms with Gasteiger partial charge in [-0.1, -0.05) is 44.0 Å². The van der Waals surface area contributed by atoms with Gasteiger partial charge in [0.05, 0.1) is 19.7 Å². The largest absolute Gasteiger partial charge is 0.497 e. The molecule has 212 valence electrons. The van der Waals surface area contributed by atoms with E-state index in [2.05, 4.69) is 54.5 Å². The van der Waals surface area contributed by atoms with E-state index in [1.54, 1.807) is 18.4 Å². The van der Waals surface area contributed by atoms with Gasteiger partial charge < -0.3 is 14.5 Å². The first-order valence-electron chi connectivity index (χ1n) is 14.6. The van der Waals surface area contributed by atoms with Crippen molar-refractivity contribution >= 4 is 23.2 Å². The predicted molar refractivity (Wildman–Crippen MR) is 161 cm³/mol. The summed E-state index contributed by atoms with van der Waals surface area (Å²) in [4.78, 5) is 34.5. The third kappa shape index (κ3) is 6.26. The Labute approximate surface area is 242 Å². The molecule has 0 N–H and O–H groups in total. The lowest BCUT2D eigenvalue weighted by Gasteiger charge is -2.42. The molecule has 2 atom stereocenters. The zero-order chi connectivity index (χ0) is 28.1. The van der Waals surface area contributed by atoms with Crippen LogP contribution in [0.25, 0.3) is 0 Å². The number of rotatable bonds is 9. The van der Waals surface area contributed by atoms with Gasteiger partial charge in [0.15, 0.2) is 0 Å². The highest BCUT2D eigenvalue weighted by molar-refractivity contribution is 7.10. The van der Waals surface area contributed by atoms with Crippen molar-refractivity contribution in [3.05, 3.63) is 87.1 Å². The third-order valence-electron chi connectivity index (χ3n) is 8.35. The number of fused-ring (bicyclic) bond motifs is 1. The van der Waals surface area contributed by atoms with Gasteiger partial charge in [0.1, 0.15) is 5.75 Å². The van der Waals surface area contributed by atoms with Crippen LogP contribution in [0, 0.1) is 0 Å². The highest BCUT2D eigenvalue weighted by Crippen LogP contribution is 2.38. The molecule has 2 aromatic carbocycles. The number of hydrogen-bond acceptors (Lipinski definition) is 5. The van der Waals surface area contributed by atoms with E-state index in [0.717, 1.165) is 30.7 Å². The second kappa shape index (κ2) is 13.0. The molecule has 2 amide bonds. The van der Waals surface area contributed by atoms with Crippen molar-refractivity contribution in [2.24, 2.45) is 0 Å². The van der Waals surface area contributed by atoms with Crippen LogP contribution in [0.15, 0.2) is 60.0 Å². The Balaban J connectivity index is 1.21. The smallest absolute Gasteiger partial charge is 0.254 e. The van der Waals surface area contributed by atoms with E-state index >= 15 is 0 Å². The van der Waals surface area contributed by atoms with Crippen molar-refractivity contribution < 1.29 is 14.3 Å². The van der Waals surface area contributed by atoms with Gasteiger partial charge in [-0.05, 0) is 78.6 Å². The molecule has 0 aliphatic carbocycles. The van der Waals surface area contributed by atoms with Gasteiger partial charge in [0.25, 0.3) is 5.91 Å². The molecule has 40 heavy (non-hydrogen) atoms. The summed E-state index contributed by atoms with van der Waals surface area (Å²) < 4.78 is 5.37. The molecule has 1 fully saturated rings. The van der Waals surface area contributed by atoms with E-state index < -0.39 is 0 Å². The van der Waals surface area contributed by atoms with Gasteiger partial charge in [0, 0.05) is 42.7 Å². The van der Waals surface area contributed by atoms with Crippen molar-refractivity contribution in [2.45, 2.75) is 58.0 Å². The number of piperazine rings is 1. The number of unbranched alkanes of at least 4 members (excludes halogenated alkanes) is 2. The van der Waals surface area contributed by atoms with Gasteiger partial charge in [-0.2, -0.15) is 0 Å². The molecule has 3 heterocycles. The standard InChI is InChI=1S/C33H41N3O3S/c1-4-5-6-7-25-8-10-27(11-9-25)33(38)36-20-19-34(22-24(36)2)31(37)23-35-18-16-30-29(17-21-40-30)32(35)26-12-14-28(39-3)15-13-26/h8-15,17,21,24,32H,4-7,16,18-20,22-23H2,1-3H3. The number of ether oxygens (including phenoxy) is 1. The monoisotopic (exact) mass is 559 g/mol. The van der Waals surface area contributed by atoms with Gasteiger partial charge in [-0.15, -0.1) is 11.3 Å². The second-order valence-corrected chi connectivity index (χ2v) is 12.0. The lowest BCUT2D eigenvalue weighted by atomic mass is 9.93. The topological polar surface area (TPSA) is 53.1 Å². The van der Waals surface area contributed by atoms with Crippen LogP contribution in [-0.4, -0.2) is 72.4 Å². The molecule has 0 radical (unpaired) electrons. The number of thiophene rings is 1. The molecule has 0 spiro atoms. The van der Waals surface area contributed by atoms with Crippen molar-refractivity contribution in [2.75, 3.05) is 39.8 Å². The van der Waals surface area contributed by atoms with Crippen LogP contribution in [0.2, 0.25) is 0 Å². The zero-order valence-corrected chi connectivity index (χ0v) is 24.8. The summed E-state index contributed by atoms with van der Waals surface area (Å²) in [5.41, 5.74) is 4.49. The van der Waals surface area contributed by atoms with Crippen LogP contribution >= 0.6 is 11.3 Å². The average molecular weight is 560 g/mol. The molecule has 2 unspecified atom stereocenters. The Kier molecular flexibility index (Phi) is 9.22. The van der Waals surface area contributed by atoms with Crippen molar-refractivity contribution in [1.29, 1.82) is 0 Å². The number of carbonyl (C=O) groups is 2. The number of hydrogen-bond donors (Lipinski definition) is 0. The number of carbonyl (C=O) groups excluding carboxylic acids is 2. The number of methoxy groups -OCH3 is 1. The van der Waals surface area contributed by atoms with Crippen LogP contribution in [0.3, 0.4) is 0 Å². The third-order valence-corrected chi connectivity index (χ3v) is 9.34. The highest BCUT2D eigenvalue weighted by Gasteiger charge is 2.34. The van der Waals surface area contributed by atoms with E-state index in [4.69, 9.17) is 4.74 Å². The molecule has 6 nitrogen and oxygen atoms in total. The summed E-state index contributed by atoms with van der Waals surface area (Å²) >= 11 is 1.80. The number of aryl methyl sites for hydroxylation is 1. The van der Waals surface area contributed by atoms with E-state index in [0.29, 0.717) is 26.2 Å². The van der Waals surface area contributed by atoms with Crippen LogP contribution in [0.4, 0.5) is 0 Å². The minimum Gasteiger partial charge on any atom is -0.497 e. The van der Waals surface area contributed by atoms with E-state index in [1.807, 2.05) is 34.1 Å². The number of nitrogens with zero attached hydrogens (tertiary/aromatic N) is 3. The first-order valence-corrected chi connectivity index (χ1v) is 15.5. The first-order chi connectivity index (χ1) is 19.5. The Morgan fingerprint density at radius 3 is 2.45 bits per heavy atom. The minimum atomic E-state index is -0.0309. The summed E-state index contributed by atoms with van der Waals surface area (Å²) in [6, 6.07) is 18.5. The lowest BCUT2D eigenvalue weighted by Crippen LogP contribution is -2.57. The Hall–Kier alpha value is -3.16. The first kappa shape index (κ1) is 28.4. The SMILES string of the molecule is CCCCCc1ccc(C(=O)N2CCN(C(=O)CN3CCc4sccc4C3c3ccc(OC)cc3)CC2C)cc1. The summed E-state index contributed by atoms with van der Waals surface area (Å²) in [6.07, 6.45) is 5.64. The van der Waals surface area contributed by atoms with E-state index in [9.17, 15) is 9.59 Å². The van der Waals surface area contributed by atoms with Crippen molar-refractivity contribution in [1.82, 2.24) is 14.7 Å². The Morgan fingerprint density at radius 2 is 1.75 bits per heavy atom. The van der Waals surface area contributed by atoms with Gasteiger partial charge in [0.2, 0.25) is 5.91 Å². The fourth-order valence-corrected chi connectivity index (χ4v) is 6.94. The normalized spacial score (nSPS) is 19.4. The summed E-state index contributed by atoms with van der Waals surface area (Å²) in [5.74, 6) is 1.02. The molecule has 1 saturated heterocycles. The molecule has 0 saturated carbocycles. The maximum absolute atomic E-state index is 13.6. The average Bonchev–Trinajstić information content (AvgIpc) is 3.46. The maximum Gasteiger partial charge on any atom is 0.254 e. The maximum atomic E-state index is 13.6. The summed E-state index contributed by atoms with van der Waals surface area (Å²) in [7, 11) is 1.68. The zero-order valence-electron chi connectivity index (χ0n) is 24.0. The van der Waals surface area contributed by atoms with Crippen molar-refractivity contribution in [3.8, 4) is 5.75 Å². The Bertz CT molecular complexity index is 1290. The van der Waals surface area contributed by atoms with Crippen LogP contribution in [-0.2, 0) is 17.6 Å². The van der Waals surface area contributed by atoms with Gasteiger partial charge >= 0.3 is 0 Å². The predicted octanol–water partition coefficient (Wildman–Crippen LogP) is 5.81. The highest BCUT2D eigenvalue weighted by atomic mass is 32.1. The molecular weight excluding hydrogens is 518 g/mol. The number of benzene rings is 2. The molecule has 5 rings (SSSR count). The minimum absolute atomic E-state index is 0.0309. The molecule has 2 aliphatic heterocycles. The van der Waals surface area contributed by atoms with E-state index in [-0.39, 0.29) is 23.9 Å². The molecule has 2 aliphatic rings. The van der Waals surface area contributed by atoms with Gasteiger partial charge in [-0.3, -0.25) is 14.5 Å². The molecule has 0 bridgehead atoms. The number of amides is 2. The van der Waals surface area contributed by atoms with Crippen LogP contribution < -0.4 is 4.74 Å². The summed E-state index contributed by atoms with van der Waals surface area (Å²) in [5, 5.41) is 2.16. The fourth-order valence-electron chi connectivity index (χ4n) is 6.03. The second-order valence-electron chi connectivity index (χ2n) is 11.0. The quantitative estimate of drug-likeness (QED) is 0.311. The van der Waals surface area contributed by atoms with Gasteiger partial charge in [-0.25, -0.2) is 0 Å².